The lowest BCUT2D eigenvalue weighted by Gasteiger charge is -2.46. The molecule has 0 radical (unpaired) electrons. The van der Waals surface area contributed by atoms with Gasteiger partial charge in [0.05, 0.1) is 32.0 Å². The van der Waals surface area contributed by atoms with Gasteiger partial charge in [-0.15, -0.1) is 0 Å². The second-order valence-electron chi connectivity index (χ2n) is 17.6. The number of amides is 1. The largest absolute Gasteiger partial charge is 0.394 e. The van der Waals surface area contributed by atoms with Gasteiger partial charge in [0.1, 0.15) is 48.8 Å². The predicted molar refractivity (Wildman–Crippen MR) is 263 cm³/mol. The van der Waals surface area contributed by atoms with Gasteiger partial charge in [0, 0.05) is 6.42 Å². The van der Waals surface area contributed by atoms with Crippen LogP contribution in [-0.2, 0) is 23.7 Å². The fraction of sp³-hybridized carbons (Fsp3) is 0.717. The summed E-state index contributed by atoms with van der Waals surface area (Å²) in [6.07, 6.45) is 33.9. The average molecular weight is 948 g/mol. The van der Waals surface area contributed by atoms with Gasteiger partial charge in [-0.1, -0.05) is 157 Å². The smallest absolute Gasteiger partial charge is 0.220 e. The molecule has 0 aromatic carbocycles. The highest BCUT2D eigenvalue weighted by molar-refractivity contribution is 5.76. The molecule has 9 N–H and O–H groups in total. The van der Waals surface area contributed by atoms with E-state index in [2.05, 4.69) is 92.1 Å². The number of allylic oxidation sites excluding steroid dienone is 13. The molecule has 0 spiro atoms. The van der Waals surface area contributed by atoms with Crippen molar-refractivity contribution in [1.29, 1.82) is 0 Å². The summed E-state index contributed by atoms with van der Waals surface area (Å²) in [5.74, 6) is -0.259. The van der Waals surface area contributed by atoms with Gasteiger partial charge in [-0.05, 0) is 70.6 Å². The van der Waals surface area contributed by atoms with Gasteiger partial charge in [0.15, 0.2) is 12.6 Å². The minimum Gasteiger partial charge on any atom is -0.394 e. The lowest BCUT2D eigenvalue weighted by molar-refractivity contribution is -0.359. The van der Waals surface area contributed by atoms with Crippen LogP contribution in [0.5, 0.6) is 0 Å². The first-order valence-corrected chi connectivity index (χ1v) is 25.3. The zero-order chi connectivity index (χ0) is 48.9. The summed E-state index contributed by atoms with van der Waals surface area (Å²) in [5.41, 5.74) is 0. The molecule has 0 aliphatic carbocycles. The highest BCUT2D eigenvalue weighted by atomic mass is 16.7. The van der Waals surface area contributed by atoms with Crippen LogP contribution in [0.2, 0.25) is 0 Å². The molecule has 0 aromatic heterocycles. The van der Waals surface area contributed by atoms with Crippen LogP contribution < -0.4 is 5.32 Å². The van der Waals surface area contributed by atoms with Crippen molar-refractivity contribution < 1.29 is 64.6 Å². The molecule has 2 heterocycles. The molecule has 2 saturated heterocycles. The number of aliphatic hydroxyl groups excluding tert-OH is 8. The van der Waals surface area contributed by atoms with E-state index in [0.717, 1.165) is 103 Å². The Kier molecular flexibility index (Phi) is 35.1. The molecule has 12 atom stereocenters. The standard InChI is InChI=1S/C53H89NO13/c1-3-5-7-9-11-12-13-14-15-16-17-18-19-20-21-22-23-24-25-26-27-28-29-30-31-33-35-37-45(58)54-41(42(57)36-34-32-10-8-6-4-2)40-64-52-50(63)48(61)51(44(39-56)66-52)67-53-49(62)47(60)46(59)43(38-55)65-53/h5,7,11-12,14-15,17-18,20-21,23-24,34,36,41-44,46-53,55-57,59-63H,3-4,6,8-10,13,16,19,22,25-33,35,37-40H2,1-2H3,(H,54,58)/b7-5-,12-11-,15-14-,18-17-,21-20-,24-23-,36-34+. The first kappa shape index (κ1) is 60.3. The highest BCUT2D eigenvalue weighted by Crippen LogP contribution is 2.30. The zero-order valence-corrected chi connectivity index (χ0v) is 40.6. The first-order valence-electron chi connectivity index (χ1n) is 25.3. The summed E-state index contributed by atoms with van der Waals surface area (Å²) in [4.78, 5) is 13.1. The zero-order valence-electron chi connectivity index (χ0n) is 40.6. The number of hydrogen-bond acceptors (Lipinski definition) is 13. The topological polar surface area (TPSA) is 228 Å². The Balaban J connectivity index is 1.69. The lowest BCUT2D eigenvalue weighted by Crippen LogP contribution is -2.65. The summed E-state index contributed by atoms with van der Waals surface area (Å²) in [5, 5.41) is 86.3. The predicted octanol–water partition coefficient (Wildman–Crippen LogP) is 6.60. The van der Waals surface area contributed by atoms with E-state index in [9.17, 15) is 45.6 Å². The van der Waals surface area contributed by atoms with Gasteiger partial charge in [-0.25, -0.2) is 0 Å². The Morgan fingerprint density at radius 3 is 1.58 bits per heavy atom. The number of nitrogens with one attached hydrogen (secondary N) is 1. The van der Waals surface area contributed by atoms with Crippen molar-refractivity contribution in [3.63, 3.8) is 0 Å². The van der Waals surface area contributed by atoms with Crippen LogP contribution in [0, 0.1) is 0 Å². The molecule has 0 bridgehead atoms. The van der Waals surface area contributed by atoms with Gasteiger partial charge < -0.3 is 65.1 Å². The second-order valence-corrected chi connectivity index (χ2v) is 17.6. The molecule has 12 unspecified atom stereocenters. The number of unbranched alkanes of at least 4 members (excludes halogenated alkanes) is 12. The Morgan fingerprint density at radius 2 is 1.03 bits per heavy atom. The summed E-state index contributed by atoms with van der Waals surface area (Å²) >= 11 is 0. The number of ether oxygens (including phenoxy) is 4. The average Bonchev–Trinajstić information content (AvgIpc) is 3.32. The molecule has 2 aliphatic rings. The molecule has 0 aromatic rings. The Bertz CT molecular complexity index is 1450. The third-order valence-electron chi connectivity index (χ3n) is 11.8. The Morgan fingerprint density at radius 1 is 0.552 bits per heavy atom. The lowest BCUT2D eigenvalue weighted by atomic mass is 9.97. The molecule has 2 aliphatic heterocycles. The molecule has 1 amide bonds. The van der Waals surface area contributed by atoms with E-state index in [1.807, 2.05) is 6.08 Å². The highest BCUT2D eigenvalue weighted by Gasteiger charge is 2.51. The maximum atomic E-state index is 13.1. The molecule has 67 heavy (non-hydrogen) atoms. The van der Waals surface area contributed by atoms with Crippen molar-refractivity contribution in [3.05, 3.63) is 85.1 Å². The fourth-order valence-electron chi connectivity index (χ4n) is 7.70. The minimum atomic E-state index is -1.79. The van der Waals surface area contributed by atoms with Crippen LogP contribution in [0.25, 0.3) is 0 Å². The van der Waals surface area contributed by atoms with Crippen LogP contribution >= 0.6 is 0 Å². The number of hydrogen-bond donors (Lipinski definition) is 9. The monoisotopic (exact) mass is 948 g/mol. The SMILES string of the molecule is CC/C=C\C/C=C\C/C=C\C/C=C\C/C=C\C/C=C\CCCCCCCCCCC(=O)NC(COC1OC(CO)C(OC2OC(CO)C(O)C(O)C2O)C(O)C1O)C(O)/C=C/CCCCCC. The van der Waals surface area contributed by atoms with Crippen molar-refractivity contribution in [2.24, 2.45) is 0 Å². The van der Waals surface area contributed by atoms with Crippen LogP contribution in [-0.4, -0.2) is 140 Å². The molecule has 2 rings (SSSR count). The maximum absolute atomic E-state index is 13.1. The maximum Gasteiger partial charge on any atom is 0.220 e. The van der Waals surface area contributed by atoms with Crippen LogP contribution in [0.3, 0.4) is 0 Å². The van der Waals surface area contributed by atoms with Crippen LogP contribution in [0.4, 0.5) is 0 Å². The third kappa shape index (κ3) is 26.1. The summed E-state index contributed by atoms with van der Waals surface area (Å²) < 4.78 is 22.6. The molecular weight excluding hydrogens is 859 g/mol. The van der Waals surface area contributed by atoms with Gasteiger partial charge in [0.25, 0.3) is 0 Å². The third-order valence-corrected chi connectivity index (χ3v) is 11.8. The van der Waals surface area contributed by atoms with Crippen molar-refractivity contribution in [2.45, 2.75) is 222 Å². The number of aliphatic hydroxyl groups is 8. The molecule has 14 nitrogen and oxygen atoms in total. The van der Waals surface area contributed by atoms with Crippen molar-refractivity contribution in [3.8, 4) is 0 Å². The summed E-state index contributed by atoms with van der Waals surface area (Å²) in [6, 6.07) is -0.920. The van der Waals surface area contributed by atoms with Crippen molar-refractivity contribution >= 4 is 5.91 Å². The van der Waals surface area contributed by atoms with Crippen LogP contribution in [0.1, 0.15) is 149 Å². The number of carbonyl (C=O) groups is 1. The normalized spacial score (nSPS) is 27.3. The quantitative estimate of drug-likeness (QED) is 0.0237. The Labute approximate surface area is 401 Å². The molecular formula is C53H89NO13. The van der Waals surface area contributed by atoms with Gasteiger partial charge >= 0.3 is 0 Å². The van der Waals surface area contributed by atoms with Crippen molar-refractivity contribution in [2.75, 3.05) is 19.8 Å². The van der Waals surface area contributed by atoms with E-state index in [0.29, 0.717) is 6.42 Å². The Hall–Kier alpha value is -2.83. The van der Waals surface area contributed by atoms with E-state index >= 15 is 0 Å². The number of carbonyl (C=O) groups excluding carboxylic acids is 1. The van der Waals surface area contributed by atoms with Crippen molar-refractivity contribution in [1.82, 2.24) is 5.32 Å². The van der Waals surface area contributed by atoms with E-state index in [1.54, 1.807) is 6.08 Å². The van der Waals surface area contributed by atoms with Gasteiger partial charge in [0.2, 0.25) is 5.91 Å². The number of rotatable bonds is 37. The molecule has 2 fully saturated rings. The van der Waals surface area contributed by atoms with Gasteiger partial charge in [-0.3, -0.25) is 4.79 Å². The first-order chi connectivity index (χ1) is 32.6. The molecule has 0 saturated carbocycles. The minimum absolute atomic E-state index is 0.259. The molecule has 14 heteroatoms. The molecule has 384 valence electrons. The summed E-state index contributed by atoms with van der Waals surface area (Å²) in [7, 11) is 0. The van der Waals surface area contributed by atoms with E-state index < -0.39 is 86.8 Å². The van der Waals surface area contributed by atoms with E-state index in [4.69, 9.17) is 18.9 Å². The van der Waals surface area contributed by atoms with E-state index in [1.165, 1.54) is 19.3 Å². The van der Waals surface area contributed by atoms with E-state index in [-0.39, 0.29) is 18.9 Å². The van der Waals surface area contributed by atoms with Gasteiger partial charge in [-0.2, -0.15) is 0 Å². The van der Waals surface area contributed by atoms with Crippen LogP contribution in [0.15, 0.2) is 85.1 Å². The summed E-state index contributed by atoms with van der Waals surface area (Å²) in [6.45, 7) is 2.54. The fourth-order valence-corrected chi connectivity index (χ4v) is 7.70. The second kappa shape index (κ2) is 39.0.